The Balaban J connectivity index is 2.19. The lowest BCUT2D eigenvalue weighted by Crippen LogP contribution is -2.29. The summed E-state index contributed by atoms with van der Waals surface area (Å²) >= 11 is 1.43. The molecule has 1 aromatic rings. The van der Waals surface area contributed by atoms with E-state index in [1.54, 1.807) is 7.11 Å². The van der Waals surface area contributed by atoms with Crippen LogP contribution in [-0.4, -0.2) is 26.0 Å². The lowest BCUT2D eigenvalue weighted by molar-refractivity contribution is 0.0844. The molecule has 0 amide bonds. The van der Waals surface area contributed by atoms with Gasteiger partial charge in [0.1, 0.15) is 0 Å². The molecule has 1 saturated heterocycles. The number of thiophene rings is 1. The SMILES string of the molecule is COc1ccc(C(=O)C2(C)CCNC2)s1. The van der Waals surface area contributed by atoms with Crippen LogP contribution in [0.4, 0.5) is 0 Å². The average Bonchev–Trinajstić information content (AvgIpc) is 2.85. The number of rotatable bonds is 3. The quantitative estimate of drug-likeness (QED) is 0.799. The number of nitrogens with one attached hydrogen (secondary N) is 1. The van der Waals surface area contributed by atoms with E-state index in [1.807, 2.05) is 19.1 Å². The highest BCUT2D eigenvalue weighted by molar-refractivity contribution is 7.15. The molecule has 1 unspecified atom stereocenters. The fourth-order valence-corrected chi connectivity index (χ4v) is 2.77. The van der Waals surface area contributed by atoms with Crippen LogP contribution in [0.2, 0.25) is 0 Å². The Morgan fingerprint density at radius 2 is 2.40 bits per heavy atom. The van der Waals surface area contributed by atoms with Crippen LogP contribution in [0.15, 0.2) is 12.1 Å². The van der Waals surface area contributed by atoms with E-state index in [2.05, 4.69) is 5.32 Å². The predicted molar refractivity (Wildman–Crippen MR) is 60.8 cm³/mol. The Labute approximate surface area is 93.4 Å². The van der Waals surface area contributed by atoms with E-state index in [9.17, 15) is 4.79 Å². The van der Waals surface area contributed by atoms with E-state index in [4.69, 9.17) is 4.74 Å². The molecule has 82 valence electrons. The number of carbonyl (C=O) groups excluding carboxylic acids is 1. The monoisotopic (exact) mass is 225 g/mol. The van der Waals surface area contributed by atoms with E-state index in [0.29, 0.717) is 0 Å². The van der Waals surface area contributed by atoms with Gasteiger partial charge in [0.15, 0.2) is 10.8 Å². The number of ketones is 1. The molecule has 15 heavy (non-hydrogen) atoms. The molecular formula is C11H15NO2S. The Morgan fingerprint density at radius 1 is 1.60 bits per heavy atom. The molecule has 0 aliphatic carbocycles. The minimum Gasteiger partial charge on any atom is -0.487 e. The fraction of sp³-hybridized carbons (Fsp3) is 0.545. The Hall–Kier alpha value is -0.870. The molecule has 4 heteroatoms. The number of methoxy groups -OCH3 is 1. The first-order valence-electron chi connectivity index (χ1n) is 5.05. The smallest absolute Gasteiger partial charge is 0.180 e. The summed E-state index contributed by atoms with van der Waals surface area (Å²) in [4.78, 5) is 13.0. The second kappa shape index (κ2) is 3.94. The van der Waals surface area contributed by atoms with Gasteiger partial charge in [-0.05, 0) is 25.1 Å². The molecule has 1 N–H and O–H groups in total. The maximum atomic E-state index is 12.2. The maximum absolute atomic E-state index is 12.2. The maximum Gasteiger partial charge on any atom is 0.180 e. The Kier molecular flexibility index (Phi) is 2.80. The summed E-state index contributed by atoms with van der Waals surface area (Å²) in [5.41, 5.74) is -0.226. The lowest BCUT2D eigenvalue weighted by atomic mass is 9.84. The first-order chi connectivity index (χ1) is 7.15. The van der Waals surface area contributed by atoms with Gasteiger partial charge >= 0.3 is 0 Å². The van der Waals surface area contributed by atoms with Crippen molar-refractivity contribution in [1.29, 1.82) is 0 Å². The van der Waals surface area contributed by atoms with Gasteiger partial charge in [-0.25, -0.2) is 0 Å². The minimum atomic E-state index is -0.226. The summed E-state index contributed by atoms with van der Waals surface area (Å²) in [5.74, 6) is 0.237. The molecule has 1 aliphatic rings. The van der Waals surface area contributed by atoms with Gasteiger partial charge in [0.25, 0.3) is 0 Å². The molecule has 0 aromatic carbocycles. The van der Waals surface area contributed by atoms with Gasteiger partial charge in [-0.3, -0.25) is 4.79 Å². The van der Waals surface area contributed by atoms with Crippen LogP contribution in [0, 0.1) is 5.41 Å². The molecule has 3 nitrogen and oxygen atoms in total. The average molecular weight is 225 g/mol. The van der Waals surface area contributed by atoms with Gasteiger partial charge in [-0.2, -0.15) is 0 Å². The largest absolute Gasteiger partial charge is 0.487 e. The third-order valence-corrected chi connectivity index (χ3v) is 3.97. The van der Waals surface area contributed by atoms with E-state index >= 15 is 0 Å². The van der Waals surface area contributed by atoms with Crippen LogP contribution in [0.1, 0.15) is 23.0 Å². The van der Waals surface area contributed by atoms with Gasteiger partial charge in [0.05, 0.1) is 12.0 Å². The number of hydrogen-bond donors (Lipinski definition) is 1. The summed E-state index contributed by atoms with van der Waals surface area (Å²) in [7, 11) is 1.62. The molecule has 1 aliphatic heterocycles. The lowest BCUT2D eigenvalue weighted by Gasteiger charge is -2.19. The number of ether oxygens (including phenoxy) is 1. The Bertz CT molecular complexity index is 366. The zero-order valence-electron chi connectivity index (χ0n) is 9.00. The van der Waals surface area contributed by atoms with Crippen LogP contribution < -0.4 is 10.1 Å². The molecular weight excluding hydrogens is 210 g/mol. The van der Waals surface area contributed by atoms with Crippen molar-refractivity contribution in [2.75, 3.05) is 20.2 Å². The second-order valence-corrected chi connectivity index (χ2v) is 5.19. The molecule has 1 aromatic heterocycles. The van der Waals surface area contributed by atoms with Crippen molar-refractivity contribution in [3.8, 4) is 5.06 Å². The molecule has 0 saturated carbocycles. The van der Waals surface area contributed by atoms with Crippen LogP contribution in [0.3, 0.4) is 0 Å². The molecule has 0 spiro atoms. The highest BCUT2D eigenvalue weighted by Crippen LogP contribution is 2.33. The first-order valence-corrected chi connectivity index (χ1v) is 5.87. The van der Waals surface area contributed by atoms with E-state index in [0.717, 1.165) is 29.5 Å². The zero-order valence-corrected chi connectivity index (χ0v) is 9.82. The fourth-order valence-electron chi connectivity index (χ4n) is 1.86. The van der Waals surface area contributed by atoms with Crippen molar-refractivity contribution in [2.45, 2.75) is 13.3 Å². The summed E-state index contributed by atoms with van der Waals surface area (Å²) < 4.78 is 5.09. The van der Waals surface area contributed by atoms with Crippen LogP contribution >= 0.6 is 11.3 Å². The Morgan fingerprint density at radius 3 is 2.93 bits per heavy atom. The summed E-state index contributed by atoms with van der Waals surface area (Å²) in [5, 5.41) is 4.04. The molecule has 2 rings (SSSR count). The third-order valence-electron chi connectivity index (χ3n) is 2.92. The van der Waals surface area contributed by atoms with Gasteiger partial charge in [-0.15, -0.1) is 0 Å². The number of hydrogen-bond acceptors (Lipinski definition) is 4. The van der Waals surface area contributed by atoms with E-state index < -0.39 is 0 Å². The zero-order chi connectivity index (χ0) is 10.9. The van der Waals surface area contributed by atoms with Crippen molar-refractivity contribution in [1.82, 2.24) is 5.32 Å². The minimum absolute atomic E-state index is 0.226. The summed E-state index contributed by atoms with van der Waals surface area (Å²) in [6.45, 7) is 3.75. The highest BCUT2D eigenvalue weighted by Gasteiger charge is 2.37. The molecule has 2 heterocycles. The van der Waals surface area contributed by atoms with Crippen molar-refractivity contribution >= 4 is 17.1 Å². The number of Topliss-reactive ketones (excluding diaryl/α,β-unsaturated/α-hetero) is 1. The second-order valence-electron chi connectivity index (χ2n) is 4.14. The summed E-state index contributed by atoms with van der Waals surface area (Å²) in [6, 6.07) is 3.71. The molecule has 1 fully saturated rings. The molecule has 1 atom stereocenters. The standard InChI is InChI=1S/C11H15NO2S/c1-11(5-6-12-7-11)10(13)8-3-4-9(14-2)15-8/h3-4,12H,5-7H2,1-2H3. The van der Waals surface area contributed by atoms with Crippen molar-refractivity contribution < 1.29 is 9.53 Å². The van der Waals surface area contributed by atoms with Gasteiger partial charge < -0.3 is 10.1 Å². The normalized spacial score (nSPS) is 25.5. The molecule has 0 bridgehead atoms. The van der Waals surface area contributed by atoms with E-state index in [1.165, 1.54) is 11.3 Å². The number of carbonyl (C=O) groups is 1. The van der Waals surface area contributed by atoms with Crippen LogP contribution in [0.25, 0.3) is 0 Å². The highest BCUT2D eigenvalue weighted by atomic mass is 32.1. The van der Waals surface area contributed by atoms with E-state index in [-0.39, 0.29) is 11.2 Å². The van der Waals surface area contributed by atoms with Crippen LogP contribution in [-0.2, 0) is 0 Å². The van der Waals surface area contributed by atoms with Crippen molar-refractivity contribution in [3.63, 3.8) is 0 Å². The van der Waals surface area contributed by atoms with Gasteiger partial charge in [-0.1, -0.05) is 18.3 Å². The van der Waals surface area contributed by atoms with Crippen molar-refractivity contribution in [3.05, 3.63) is 17.0 Å². The third kappa shape index (κ3) is 1.92. The molecule has 0 radical (unpaired) electrons. The van der Waals surface area contributed by atoms with Crippen molar-refractivity contribution in [2.24, 2.45) is 5.41 Å². The predicted octanol–water partition coefficient (Wildman–Crippen LogP) is 1.94. The van der Waals surface area contributed by atoms with Gasteiger partial charge in [0, 0.05) is 12.0 Å². The topological polar surface area (TPSA) is 38.3 Å². The first kappa shape index (κ1) is 10.6. The van der Waals surface area contributed by atoms with Gasteiger partial charge in [0.2, 0.25) is 0 Å². The van der Waals surface area contributed by atoms with Crippen LogP contribution in [0.5, 0.6) is 5.06 Å². The summed E-state index contributed by atoms with van der Waals surface area (Å²) in [6.07, 6.45) is 0.923.